The van der Waals surface area contributed by atoms with Crippen molar-refractivity contribution in [1.82, 2.24) is 14.5 Å². The molecule has 6 heteroatoms. The highest BCUT2D eigenvalue weighted by atomic mass is 16.5. The van der Waals surface area contributed by atoms with Crippen molar-refractivity contribution in [2.24, 2.45) is 0 Å². The molecule has 25 heavy (non-hydrogen) atoms. The molecule has 1 amide bonds. The van der Waals surface area contributed by atoms with E-state index >= 15 is 0 Å². The quantitative estimate of drug-likeness (QED) is 0.613. The number of imidazole rings is 1. The summed E-state index contributed by atoms with van der Waals surface area (Å²) >= 11 is 0. The van der Waals surface area contributed by atoms with Crippen molar-refractivity contribution in [3.63, 3.8) is 0 Å². The molecule has 0 radical (unpaired) electrons. The predicted octanol–water partition coefficient (Wildman–Crippen LogP) is 3.19. The summed E-state index contributed by atoms with van der Waals surface area (Å²) in [7, 11) is 1.63. The van der Waals surface area contributed by atoms with Crippen LogP contribution in [0.25, 0.3) is 21.9 Å². The van der Waals surface area contributed by atoms with Gasteiger partial charge in [0.15, 0.2) is 0 Å². The van der Waals surface area contributed by atoms with Crippen LogP contribution >= 0.6 is 0 Å². The highest BCUT2D eigenvalue weighted by Gasteiger charge is 2.29. The monoisotopic (exact) mass is 332 g/mol. The number of carbonyl (C=O) groups excluding carboxylic acids is 1. The summed E-state index contributed by atoms with van der Waals surface area (Å²) in [5.41, 5.74) is 3.42. The number of ether oxygens (including phenoxy) is 1. The lowest BCUT2D eigenvalue weighted by molar-refractivity contribution is 0.0985. The number of rotatable bonds is 2. The van der Waals surface area contributed by atoms with Gasteiger partial charge in [-0.2, -0.15) is 0 Å². The Morgan fingerprint density at radius 3 is 2.92 bits per heavy atom. The first kappa shape index (κ1) is 14.1. The van der Waals surface area contributed by atoms with Gasteiger partial charge >= 0.3 is 0 Å². The Balaban J connectivity index is 1.56. The number of fused-ring (bicyclic) bond motifs is 4. The standard InChI is InChI=1S/C19H16N4O2/c1-25-13-7-6-12-10-16(20-15(12)11-13)18(24)23-9-8-22-17-5-3-2-4-14(17)21-19(22)23/h2-7,10-11,20H,8-9H2,1H3. The molecule has 0 spiro atoms. The first-order valence-corrected chi connectivity index (χ1v) is 8.18. The number of para-hydroxylation sites is 2. The van der Waals surface area contributed by atoms with E-state index < -0.39 is 0 Å². The first-order chi connectivity index (χ1) is 12.2. The van der Waals surface area contributed by atoms with Crippen molar-refractivity contribution in [3.8, 4) is 5.75 Å². The third-order valence-corrected chi connectivity index (χ3v) is 4.73. The molecule has 0 fully saturated rings. The third kappa shape index (κ3) is 2.04. The Kier molecular flexibility index (Phi) is 2.88. The molecule has 4 aromatic rings. The smallest absolute Gasteiger partial charge is 0.277 e. The molecule has 0 saturated heterocycles. The molecule has 6 nitrogen and oxygen atoms in total. The van der Waals surface area contributed by atoms with E-state index in [0.29, 0.717) is 18.2 Å². The van der Waals surface area contributed by atoms with Crippen LogP contribution in [0.4, 0.5) is 5.95 Å². The molecular formula is C19H16N4O2. The zero-order valence-corrected chi connectivity index (χ0v) is 13.7. The summed E-state index contributed by atoms with van der Waals surface area (Å²) in [6, 6.07) is 15.6. The topological polar surface area (TPSA) is 63.1 Å². The van der Waals surface area contributed by atoms with Gasteiger partial charge in [-0.1, -0.05) is 12.1 Å². The molecule has 3 heterocycles. The van der Waals surface area contributed by atoms with Crippen LogP contribution in [-0.4, -0.2) is 34.1 Å². The van der Waals surface area contributed by atoms with Gasteiger partial charge < -0.3 is 14.3 Å². The average molecular weight is 332 g/mol. The number of methoxy groups -OCH3 is 1. The van der Waals surface area contributed by atoms with E-state index in [1.54, 1.807) is 12.0 Å². The van der Waals surface area contributed by atoms with E-state index in [-0.39, 0.29) is 5.91 Å². The summed E-state index contributed by atoms with van der Waals surface area (Å²) in [5.74, 6) is 1.41. The molecule has 1 N–H and O–H groups in total. The van der Waals surface area contributed by atoms with Crippen LogP contribution in [0.5, 0.6) is 5.75 Å². The number of amides is 1. The number of hydrogen-bond donors (Lipinski definition) is 1. The Bertz CT molecular complexity index is 1130. The van der Waals surface area contributed by atoms with E-state index in [1.807, 2.05) is 48.5 Å². The van der Waals surface area contributed by atoms with Gasteiger partial charge in [0.05, 0.1) is 18.1 Å². The van der Waals surface area contributed by atoms with Crippen LogP contribution in [0, 0.1) is 0 Å². The Labute approximate surface area is 143 Å². The number of H-pyrrole nitrogens is 1. The van der Waals surface area contributed by atoms with Gasteiger partial charge in [0.2, 0.25) is 5.95 Å². The Hall–Kier alpha value is -3.28. The van der Waals surface area contributed by atoms with Gasteiger partial charge in [-0.15, -0.1) is 0 Å². The first-order valence-electron chi connectivity index (χ1n) is 8.18. The van der Waals surface area contributed by atoms with Gasteiger partial charge in [-0.25, -0.2) is 4.98 Å². The van der Waals surface area contributed by atoms with Crippen molar-refractivity contribution >= 4 is 33.8 Å². The minimum atomic E-state index is -0.0655. The van der Waals surface area contributed by atoms with Crippen molar-refractivity contribution in [2.75, 3.05) is 18.6 Å². The molecule has 1 aliphatic heterocycles. The van der Waals surface area contributed by atoms with Crippen molar-refractivity contribution in [2.45, 2.75) is 6.54 Å². The number of aromatic amines is 1. The molecule has 5 rings (SSSR count). The van der Waals surface area contributed by atoms with Crippen molar-refractivity contribution in [1.29, 1.82) is 0 Å². The molecule has 2 aromatic heterocycles. The lowest BCUT2D eigenvalue weighted by atomic mass is 10.2. The molecular weight excluding hydrogens is 316 g/mol. The molecule has 1 aliphatic rings. The van der Waals surface area contributed by atoms with E-state index in [1.165, 1.54) is 0 Å². The fourth-order valence-electron chi connectivity index (χ4n) is 3.48. The van der Waals surface area contributed by atoms with Gasteiger partial charge in [-0.05, 0) is 30.3 Å². The van der Waals surface area contributed by atoms with Crippen LogP contribution in [0.15, 0.2) is 48.5 Å². The highest BCUT2D eigenvalue weighted by Crippen LogP contribution is 2.29. The summed E-state index contributed by atoms with van der Waals surface area (Å²) in [6.45, 7) is 1.39. The van der Waals surface area contributed by atoms with E-state index in [9.17, 15) is 4.79 Å². The largest absolute Gasteiger partial charge is 0.497 e. The molecule has 0 unspecified atom stereocenters. The minimum absolute atomic E-state index is 0.0655. The van der Waals surface area contributed by atoms with Gasteiger partial charge in [0.25, 0.3) is 5.91 Å². The fourth-order valence-corrected chi connectivity index (χ4v) is 3.48. The highest BCUT2D eigenvalue weighted by molar-refractivity contribution is 6.07. The van der Waals surface area contributed by atoms with Crippen LogP contribution in [-0.2, 0) is 6.54 Å². The molecule has 0 saturated carbocycles. The molecule has 124 valence electrons. The SMILES string of the molecule is COc1ccc2cc(C(=O)N3CCn4c3nc3ccccc34)[nH]c2c1. The maximum Gasteiger partial charge on any atom is 0.277 e. The number of anilines is 1. The summed E-state index contributed by atoms with van der Waals surface area (Å²) in [5, 5.41) is 0.983. The lowest BCUT2D eigenvalue weighted by Crippen LogP contribution is -2.29. The number of aromatic nitrogens is 3. The summed E-state index contributed by atoms with van der Waals surface area (Å²) < 4.78 is 7.34. The van der Waals surface area contributed by atoms with Gasteiger partial charge in [-0.3, -0.25) is 9.69 Å². The average Bonchev–Trinajstić information content (AvgIpc) is 3.33. The second-order valence-corrected chi connectivity index (χ2v) is 6.15. The number of nitrogens with zero attached hydrogens (tertiary/aromatic N) is 3. The lowest BCUT2D eigenvalue weighted by Gasteiger charge is -2.12. The normalized spacial score (nSPS) is 13.6. The van der Waals surface area contributed by atoms with Crippen LogP contribution in [0.1, 0.15) is 10.5 Å². The minimum Gasteiger partial charge on any atom is -0.497 e. The number of hydrogen-bond acceptors (Lipinski definition) is 3. The predicted molar refractivity (Wildman–Crippen MR) is 96.3 cm³/mol. The molecule has 0 atom stereocenters. The van der Waals surface area contributed by atoms with Crippen molar-refractivity contribution < 1.29 is 9.53 Å². The summed E-state index contributed by atoms with van der Waals surface area (Å²) in [4.78, 5) is 22.6. The maximum atomic E-state index is 13.0. The van der Waals surface area contributed by atoms with Crippen LogP contribution < -0.4 is 9.64 Å². The summed E-state index contributed by atoms with van der Waals surface area (Å²) in [6.07, 6.45) is 0. The number of carbonyl (C=O) groups is 1. The van der Waals surface area contributed by atoms with E-state index in [0.717, 1.165) is 34.2 Å². The molecule has 0 bridgehead atoms. The number of benzene rings is 2. The second kappa shape index (κ2) is 5.11. The van der Waals surface area contributed by atoms with E-state index in [4.69, 9.17) is 4.74 Å². The Morgan fingerprint density at radius 2 is 2.04 bits per heavy atom. The molecule has 2 aromatic carbocycles. The van der Waals surface area contributed by atoms with Crippen molar-refractivity contribution in [3.05, 3.63) is 54.2 Å². The van der Waals surface area contributed by atoms with Crippen LogP contribution in [0.2, 0.25) is 0 Å². The second-order valence-electron chi connectivity index (χ2n) is 6.15. The molecule has 0 aliphatic carbocycles. The van der Waals surface area contributed by atoms with Crippen LogP contribution in [0.3, 0.4) is 0 Å². The van der Waals surface area contributed by atoms with Gasteiger partial charge in [0.1, 0.15) is 11.4 Å². The third-order valence-electron chi connectivity index (χ3n) is 4.73. The zero-order chi connectivity index (χ0) is 17.0. The fraction of sp³-hybridized carbons (Fsp3) is 0.158. The van der Waals surface area contributed by atoms with Gasteiger partial charge in [0, 0.05) is 30.1 Å². The Morgan fingerprint density at radius 1 is 1.16 bits per heavy atom. The zero-order valence-electron chi connectivity index (χ0n) is 13.7. The van der Waals surface area contributed by atoms with E-state index in [2.05, 4.69) is 14.5 Å². The maximum absolute atomic E-state index is 13.0. The number of nitrogens with one attached hydrogen (secondary N) is 1.